The van der Waals surface area contributed by atoms with Gasteiger partial charge < -0.3 is 10.2 Å². The lowest BCUT2D eigenvalue weighted by Gasteiger charge is -2.42. The van der Waals surface area contributed by atoms with E-state index in [1.165, 1.54) is 0 Å². The minimum atomic E-state index is -0.539. The molecule has 0 saturated carbocycles. The molecule has 2 heterocycles. The molecule has 4 heteroatoms. The standard InChI is InChI=1S/C12H17N3O/c1-5-15-10-9(7-6-8(2)13-10)14-11(16)12(15,3)4/h6-7H,5H2,1-4H3,(H,14,16). The second kappa shape index (κ2) is 3.47. The van der Waals surface area contributed by atoms with E-state index in [0.29, 0.717) is 0 Å². The van der Waals surface area contributed by atoms with E-state index in [1.54, 1.807) is 0 Å². The number of aromatic nitrogens is 1. The van der Waals surface area contributed by atoms with E-state index < -0.39 is 5.54 Å². The zero-order valence-corrected chi connectivity index (χ0v) is 10.2. The molecule has 2 rings (SSSR count). The van der Waals surface area contributed by atoms with E-state index in [0.717, 1.165) is 23.7 Å². The Morgan fingerprint density at radius 3 is 2.75 bits per heavy atom. The Bertz CT molecular complexity index is 440. The van der Waals surface area contributed by atoms with Crippen molar-refractivity contribution < 1.29 is 4.79 Å². The first kappa shape index (κ1) is 10.9. The maximum atomic E-state index is 12.0. The summed E-state index contributed by atoms with van der Waals surface area (Å²) in [5.41, 5.74) is 1.23. The number of carbonyl (C=O) groups excluding carboxylic acids is 1. The van der Waals surface area contributed by atoms with Gasteiger partial charge in [-0.3, -0.25) is 4.79 Å². The van der Waals surface area contributed by atoms with Crippen LogP contribution in [0.4, 0.5) is 11.5 Å². The summed E-state index contributed by atoms with van der Waals surface area (Å²) in [5, 5.41) is 2.90. The molecule has 1 aliphatic rings. The molecule has 1 N–H and O–H groups in total. The summed E-state index contributed by atoms with van der Waals surface area (Å²) in [7, 11) is 0. The molecule has 4 nitrogen and oxygen atoms in total. The van der Waals surface area contributed by atoms with Crippen molar-refractivity contribution >= 4 is 17.4 Å². The second-order valence-corrected chi connectivity index (χ2v) is 4.58. The fourth-order valence-corrected chi connectivity index (χ4v) is 2.05. The number of hydrogen-bond acceptors (Lipinski definition) is 3. The highest BCUT2D eigenvalue weighted by molar-refractivity contribution is 6.05. The number of anilines is 2. The Kier molecular flexibility index (Phi) is 2.37. The number of amides is 1. The number of fused-ring (bicyclic) bond motifs is 1. The highest BCUT2D eigenvalue weighted by Gasteiger charge is 2.39. The maximum absolute atomic E-state index is 12.0. The van der Waals surface area contributed by atoms with E-state index in [4.69, 9.17) is 0 Å². The molecular weight excluding hydrogens is 202 g/mol. The summed E-state index contributed by atoms with van der Waals surface area (Å²) in [4.78, 5) is 18.5. The molecule has 0 radical (unpaired) electrons. The number of likely N-dealkylation sites (N-methyl/N-ethyl adjacent to an activating group) is 1. The minimum absolute atomic E-state index is 0.0208. The molecule has 1 aromatic rings. The fourth-order valence-electron chi connectivity index (χ4n) is 2.05. The normalized spacial score (nSPS) is 18.0. The number of aryl methyl sites for hydroxylation is 1. The Hall–Kier alpha value is -1.58. The summed E-state index contributed by atoms with van der Waals surface area (Å²) in [6.45, 7) is 8.59. The number of carbonyl (C=O) groups is 1. The molecule has 1 amide bonds. The van der Waals surface area contributed by atoms with Gasteiger partial charge in [-0.1, -0.05) is 0 Å². The summed E-state index contributed by atoms with van der Waals surface area (Å²) in [6, 6.07) is 3.82. The van der Waals surface area contributed by atoms with Crippen molar-refractivity contribution in [2.45, 2.75) is 33.2 Å². The molecule has 1 aromatic heterocycles. The maximum Gasteiger partial charge on any atom is 0.249 e. The van der Waals surface area contributed by atoms with Crippen molar-refractivity contribution in [3.8, 4) is 0 Å². The van der Waals surface area contributed by atoms with Crippen LogP contribution in [0.5, 0.6) is 0 Å². The third kappa shape index (κ3) is 1.45. The smallest absolute Gasteiger partial charge is 0.249 e. The molecule has 0 bridgehead atoms. The molecule has 0 aliphatic carbocycles. The van der Waals surface area contributed by atoms with Crippen molar-refractivity contribution in [3.05, 3.63) is 17.8 Å². The van der Waals surface area contributed by atoms with E-state index in [2.05, 4.69) is 10.3 Å². The summed E-state index contributed by atoms with van der Waals surface area (Å²) >= 11 is 0. The van der Waals surface area contributed by atoms with Gasteiger partial charge in [0, 0.05) is 12.2 Å². The van der Waals surface area contributed by atoms with Crippen LogP contribution < -0.4 is 10.2 Å². The molecule has 0 atom stereocenters. The molecule has 0 aromatic carbocycles. The highest BCUT2D eigenvalue weighted by atomic mass is 16.2. The van der Waals surface area contributed by atoms with Crippen LogP contribution in [0.2, 0.25) is 0 Å². The minimum Gasteiger partial charge on any atom is -0.341 e. The van der Waals surface area contributed by atoms with Gasteiger partial charge in [0.05, 0.1) is 5.69 Å². The fraction of sp³-hybridized carbons (Fsp3) is 0.500. The SMILES string of the molecule is CCN1c2nc(C)ccc2NC(=O)C1(C)C. The average molecular weight is 219 g/mol. The summed E-state index contributed by atoms with van der Waals surface area (Å²) in [5.74, 6) is 0.889. The number of pyridine rings is 1. The largest absolute Gasteiger partial charge is 0.341 e. The Morgan fingerprint density at radius 2 is 2.12 bits per heavy atom. The molecule has 0 spiro atoms. The van der Waals surface area contributed by atoms with Gasteiger partial charge in [-0.15, -0.1) is 0 Å². The summed E-state index contributed by atoms with van der Waals surface area (Å²) < 4.78 is 0. The Balaban J connectivity index is 2.58. The first-order valence-electron chi connectivity index (χ1n) is 5.53. The molecule has 0 saturated heterocycles. The molecule has 1 aliphatic heterocycles. The van der Waals surface area contributed by atoms with Gasteiger partial charge in [-0.25, -0.2) is 4.98 Å². The van der Waals surface area contributed by atoms with Crippen LogP contribution in [0.1, 0.15) is 26.5 Å². The number of rotatable bonds is 1. The quantitative estimate of drug-likeness (QED) is 0.785. The third-order valence-electron chi connectivity index (χ3n) is 3.06. The van der Waals surface area contributed by atoms with E-state index in [-0.39, 0.29) is 5.91 Å². The first-order valence-corrected chi connectivity index (χ1v) is 5.53. The van der Waals surface area contributed by atoms with Crippen LogP contribution in [0.25, 0.3) is 0 Å². The zero-order chi connectivity index (χ0) is 11.9. The lowest BCUT2D eigenvalue weighted by atomic mass is 9.98. The first-order chi connectivity index (χ1) is 7.46. The van der Waals surface area contributed by atoms with E-state index in [1.807, 2.05) is 44.7 Å². The van der Waals surface area contributed by atoms with Crippen LogP contribution in [-0.4, -0.2) is 23.0 Å². The molecule has 86 valence electrons. The molecule has 0 fully saturated rings. The van der Waals surface area contributed by atoms with Crippen molar-refractivity contribution in [2.24, 2.45) is 0 Å². The summed E-state index contributed by atoms with van der Waals surface area (Å²) in [6.07, 6.45) is 0. The van der Waals surface area contributed by atoms with Crippen LogP contribution in [0, 0.1) is 6.92 Å². The predicted molar refractivity (Wildman–Crippen MR) is 64.7 cm³/mol. The van der Waals surface area contributed by atoms with E-state index >= 15 is 0 Å². The van der Waals surface area contributed by atoms with Crippen LogP contribution in [0.15, 0.2) is 12.1 Å². The molecular formula is C12H17N3O. The lowest BCUT2D eigenvalue weighted by Crippen LogP contribution is -2.56. The predicted octanol–water partition coefficient (Wildman–Crippen LogP) is 1.95. The van der Waals surface area contributed by atoms with Crippen molar-refractivity contribution in [1.29, 1.82) is 0 Å². The number of hydrogen-bond donors (Lipinski definition) is 1. The van der Waals surface area contributed by atoms with Gasteiger partial charge in [-0.2, -0.15) is 0 Å². The number of nitrogens with one attached hydrogen (secondary N) is 1. The second-order valence-electron chi connectivity index (χ2n) is 4.58. The van der Waals surface area contributed by atoms with E-state index in [9.17, 15) is 4.79 Å². The van der Waals surface area contributed by atoms with Gasteiger partial charge >= 0.3 is 0 Å². The monoisotopic (exact) mass is 219 g/mol. The van der Waals surface area contributed by atoms with Crippen molar-refractivity contribution in [3.63, 3.8) is 0 Å². The van der Waals surface area contributed by atoms with Gasteiger partial charge in [0.15, 0.2) is 5.82 Å². The number of nitrogens with zero attached hydrogens (tertiary/aromatic N) is 2. The van der Waals surface area contributed by atoms with Crippen LogP contribution >= 0.6 is 0 Å². The van der Waals surface area contributed by atoms with Crippen molar-refractivity contribution in [1.82, 2.24) is 4.98 Å². The topological polar surface area (TPSA) is 45.2 Å². The van der Waals surface area contributed by atoms with Gasteiger partial charge in [-0.05, 0) is 39.8 Å². The van der Waals surface area contributed by atoms with Gasteiger partial charge in [0.2, 0.25) is 5.91 Å². The lowest BCUT2D eigenvalue weighted by molar-refractivity contribution is -0.120. The third-order valence-corrected chi connectivity index (χ3v) is 3.06. The van der Waals surface area contributed by atoms with Crippen molar-refractivity contribution in [2.75, 3.05) is 16.8 Å². The zero-order valence-electron chi connectivity index (χ0n) is 10.2. The van der Waals surface area contributed by atoms with Gasteiger partial charge in [0.1, 0.15) is 5.54 Å². The Morgan fingerprint density at radius 1 is 1.44 bits per heavy atom. The molecule has 16 heavy (non-hydrogen) atoms. The Labute approximate surface area is 95.7 Å². The van der Waals surface area contributed by atoms with Crippen LogP contribution in [-0.2, 0) is 4.79 Å². The average Bonchev–Trinajstić information content (AvgIpc) is 2.21. The molecule has 0 unspecified atom stereocenters. The highest BCUT2D eigenvalue weighted by Crippen LogP contribution is 2.34. The van der Waals surface area contributed by atoms with Gasteiger partial charge in [0.25, 0.3) is 0 Å². The van der Waals surface area contributed by atoms with Crippen LogP contribution in [0.3, 0.4) is 0 Å².